The molecule has 1 fully saturated rings. The zero-order chi connectivity index (χ0) is 8.43. The Morgan fingerprint density at radius 2 is 2.09 bits per heavy atom. The summed E-state index contributed by atoms with van der Waals surface area (Å²) in [5.41, 5.74) is 0. The Labute approximate surface area is 71.0 Å². The zero-order valence-corrected chi connectivity index (χ0v) is 7.63. The Morgan fingerprint density at radius 1 is 1.45 bits per heavy atom. The summed E-state index contributed by atoms with van der Waals surface area (Å²) >= 11 is 0.0426. The van der Waals surface area contributed by atoms with Crippen LogP contribution in [0.3, 0.4) is 0 Å². The van der Waals surface area contributed by atoms with Crippen molar-refractivity contribution in [3.05, 3.63) is 0 Å². The van der Waals surface area contributed by atoms with E-state index in [0.29, 0.717) is 5.32 Å². The van der Waals surface area contributed by atoms with Crippen molar-refractivity contribution in [1.82, 2.24) is 0 Å². The predicted octanol–water partition coefficient (Wildman–Crippen LogP) is -2.01. The fourth-order valence-electron chi connectivity index (χ4n) is 1.07. The van der Waals surface area contributed by atoms with Gasteiger partial charge in [0.05, 0.1) is 0 Å². The summed E-state index contributed by atoms with van der Waals surface area (Å²) in [7, 11) is 0. The van der Waals surface area contributed by atoms with E-state index in [1.54, 1.807) is 0 Å². The van der Waals surface area contributed by atoms with Crippen LogP contribution in [-0.4, -0.2) is 60.3 Å². The van der Waals surface area contributed by atoms with Crippen LogP contribution in [0.1, 0.15) is 0 Å². The zero-order valence-electron chi connectivity index (χ0n) is 5.92. The first-order valence-electron chi connectivity index (χ1n) is 3.43. The summed E-state index contributed by atoms with van der Waals surface area (Å²) in [5.74, 6) is 0. The molecule has 1 rings (SSSR count). The fraction of sp³-hybridized carbons (Fsp3) is 1.00. The van der Waals surface area contributed by atoms with Crippen molar-refractivity contribution in [2.24, 2.45) is 0 Å². The van der Waals surface area contributed by atoms with Crippen molar-refractivity contribution in [2.75, 3.05) is 6.61 Å². The molecule has 0 amide bonds. The SMILES string of the molecule is OC[C@@H](O)[C@@H]1[Se]C[C@H](O)[C@@H]1O. The van der Waals surface area contributed by atoms with Gasteiger partial charge >= 0.3 is 70.4 Å². The van der Waals surface area contributed by atoms with Gasteiger partial charge in [-0.25, -0.2) is 0 Å². The molecule has 1 saturated heterocycles. The Kier molecular flexibility index (Phi) is 3.30. The minimum atomic E-state index is -0.873. The molecule has 4 atom stereocenters. The average Bonchev–Trinajstić information content (AvgIpc) is 2.32. The molecule has 0 spiro atoms. The van der Waals surface area contributed by atoms with E-state index in [2.05, 4.69) is 0 Å². The molecule has 0 bridgehead atoms. The standard InChI is InChI=1S/C6H12O4Se/c7-1-3(8)6-5(10)4(9)2-11-6/h3-10H,1-2H2/t3-,4+,5+,6+/m1/s1. The second-order valence-electron chi connectivity index (χ2n) is 2.61. The van der Waals surface area contributed by atoms with E-state index in [0.717, 1.165) is 0 Å². The maximum atomic E-state index is 9.25. The topological polar surface area (TPSA) is 80.9 Å². The fourth-order valence-corrected chi connectivity index (χ4v) is 3.80. The molecule has 1 aliphatic rings. The van der Waals surface area contributed by atoms with Crippen LogP contribution in [0, 0.1) is 0 Å². The summed E-state index contributed by atoms with van der Waals surface area (Å²) in [6, 6.07) is 0. The van der Waals surface area contributed by atoms with Crippen molar-refractivity contribution >= 4 is 15.0 Å². The summed E-state index contributed by atoms with van der Waals surface area (Å²) in [6.07, 6.45) is -2.43. The van der Waals surface area contributed by atoms with Crippen LogP contribution >= 0.6 is 0 Å². The van der Waals surface area contributed by atoms with Gasteiger partial charge in [-0.2, -0.15) is 0 Å². The molecule has 4 nitrogen and oxygen atoms in total. The second kappa shape index (κ2) is 3.85. The summed E-state index contributed by atoms with van der Waals surface area (Å²) in [5, 5.41) is 36.6. The van der Waals surface area contributed by atoms with Gasteiger partial charge < -0.3 is 0 Å². The van der Waals surface area contributed by atoms with E-state index in [-0.39, 0.29) is 26.4 Å². The molecule has 0 radical (unpaired) electrons. The van der Waals surface area contributed by atoms with E-state index >= 15 is 0 Å². The van der Waals surface area contributed by atoms with E-state index < -0.39 is 18.3 Å². The summed E-state index contributed by atoms with van der Waals surface area (Å²) in [6.45, 7) is -0.337. The first kappa shape index (κ1) is 9.45. The maximum absolute atomic E-state index is 9.25. The van der Waals surface area contributed by atoms with Crippen LogP contribution < -0.4 is 0 Å². The van der Waals surface area contributed by atoms with Crippen molar-refractivity contribution in [3.8, 4) is 0 Å². The van der Waals surface area contributed by atoms with Gasteiger partial charge in [0.25, 0.3) is 0 Å². The van der Waals surface area contributed by atoms with Crippen LogP contribution in [0.4, 0.5) is 0 Å². The second-order valence-corrected chi connectivity index (χ2v) is 5.15. The number of aliphatic hydroxyl groups excluding tert-OH is 4. The predicted molar refractivity (Wildman–Crippen MR) is 39.4 cm³/mol. The quantitative estimate of drug-likeness (QED) is 0.411. The number of hydrogen-bond acceptors (Lipinski definition) is 4. The summed E-state index contributed by atoms with van der Waals surface area (Å²) < 4.78 is 0. The van der Waals surface area contributed by atoms with Gasteiger partial charge in [0.15, 0.2) is 0 Å². The van der Waals surface area contributed by atoms with Crippen LogP contribution in [0.15, 0.2) is 0 Å². The van der Waals surface area contributed by atoms with Crippen molar-refractivity contribution in [2.45, 2.75) is 28.4 Å². The molecule has 0 aromatic carbocycles. The molecule has 0 aromatic heterocycles. The van der Waals surface area contributed by atoms with Gasteiger partial charge in [-0.3, -0.25) is 0 Å². The molecular weight excluding hydrogens is 215 g/mol. The Bertz CT molecular complexity index is 132. The van der Waals surface area contributed by atoms with Crippen LogP contribution in [0.5, 0.6) is 0 Å². The van der Waals surface area contributed by atoms with Gasteiger partial charge in [0, 0.05) is 0 Å². The third-order valence-electron chi connectivity index (χ3n) is 1.76. The number of hydrogen-bond donors (Lipinski definition) is 4. The minimum absolute atomic E-state index is 0.0426. The normalized spacial score (nSPS) is 40.9. The van der Waals surface area contributed by atoms with E-state index in [1.165, 1.54) is 0 Å². The average molecular weight is 227 g/mol. The molecule has 11 heavy (non-hydrogen) atoms. The molecule has 4 N–H and O–H groups in total. The van der Waals surface area contributed by atoms with Gasteiger partial charge in [-0.1, -0.05) is 0 Å². The molecule has 0 aliphatic carbocycles. The Morgan fingerprint density at radius 3 is 2.45 bits per heavy atom. The third-order valence-corrected chi connectivity index (χ3v) is 4.93. The van der Waals surface area contributed by atoms with Crippen LogP contribution in [-0.2, 0) is 0 Å². The molecule has 0 aromatic rings. The van der Waals surface area contributed by atoms with Gasteiger partial charge in [-0.05, 0) is 0 Å². The Hall–Kier alpha value is 0.359. The van der Waals surface area contributed by atoms with E-state index in [9.17, 15) is 5.11 Å². The first-order chi connectivity index (χ1) is 5.16. The third kappa shape index (κ3) is 1.93. The molecule has 0 saturated carbocycles. The molecule has 66 valence electrons. The molecule has 1 aliphatic heterocycles. The molecule has 0 unspecified atom stereocenters. The number of aliphatic hydroxyl groups is 4. The van der Waals surface area contributed by atoms with Crippen molar-refractivity contribution < 1.29 is 20.4 Å². The van der Waals surface area contributed by atoms with E-state index in [1.807, 2.05) is 0 Å². The van der Waals surface area contributed by atoms with Gasteiger partial charge in [0.2, 0.25) is 0 Å². The van der Waals surface area contributed by atoms with Crippen LogP contribution in [0.25, 0.3) is 0 Å². The van der Waals surface area contributed by atoms with Crippen molar-refractivity contribution in [3.63, 3.8) is 0 Å². The molecule has 5 heteroatoms. The van der Waals surface area contributed by atoms with Crippen molar-refractivity contribution in [1.29, 1.82) is 0 Å². The monoisotopic (exact) mass is 228 g/mol. The molecule has 1 heterocycles. The van der Waals surface area contributed by atoms with Crippen LogP contribution in [0.2, 0.25) is 10.1 Å². The van der Waals surface area contributed by atoms with Gasteiger partial charge in [0.1, 0.15) is 0 Å². The van der Waals surface area contributed by atoms with Gasteiger partial charge in [-0.15, -0.1) is 0 Å². The first-order valence-corrected chi connectivity index (χ1v) is 5.63. The Balaban J connectivity index is 2.47. The van der Waals surface area contributed by atoms with E-state index in [4.69, 9.17) is 15.3 Å². The summed E-state index contributed by atoms with van der Waals surface area (Å²) in [4.78, 5) is -0.303. The number of rotatable bonds is 2. The molecular formula is C6H12O4Se.